The fourth-order valence-corrected chi connectivity index (χ4v) is 0.870. The van der Waals surface area contributed by atoms with Crippen LogP contribution < -0.4 is 5.32 Å². The van der Waals surface area contributed by atoms with E-state index in [1.165, 1.54) is 0 Å². The molecule has 3 nitrogen and oxygen atoms in total. The average molecular weight is 187 g/mol. The molecule has 0 aromatic carbocycles. The van der Waals surface area contributed by atoms with E-state index in [-0.39, 0.29) is 11.4 Å². The highest BCUT2D eigenvalue weighted by Crippen LogP contribution is 2.15. The Morgan fingerprint density at radius 1 is 1.31 bits per heavy atom. The van der Waals surface area contributed by atoms with Crippen molar-refractivity contribution < 1.29 is 9.53 Å². The fraction of sp³-hybridized carbons (Fsp3) is 0.900. The molecule has 0 saturated carbocycles. The topological polar surface area (TPSA) is 38.3 Å². The lowest BCUT2D eigenvalue weighted by molar-refractivity contribution is -0.143. The normalized spacial score (nSPS) is 16.5. The summed E-state index contributed by atoms with van der Waals surface area (Å²) in [6, 6.07) is 0. The van der Waals surface area contributed by atoms with Crippen LogP contribution >= 0.6 is 0 Å². The number of rotatable bonds is 3. The SMILES string of the molecule is CCC(C)(OC)C(=O)NC(C)(C)C. The van der Waals surface area contributed by atoms with Gasteiger partial charge in [-0.25, -0.2) is 0 Å². The third kappa shape index (κ3) is 3.77. The highest BCUT2D eigenvalue weighted by molar-refractivity contribution is 5.85. The molecular weight excluding hydrogens is 166 g/mol. The predicted molar refractivity (Wildman–Crippen MR) is 53.6 cm³/mol. The van der Waals surface area contributed by atoms with E-state index in [1.54, 1.807) is 14.0 Å². The molecule has 0 spiro atoms. The molecule has 0 aromatic heterocycles. The van der Waals surface area contributed by atoms with Gasteiger partial charge in [-0.2, -0.15) is 0 Å². The van der Waals surface area contributed by atoms with Crippen LogP contribution in [0.2, 0.25) is 0 Å². The van der Waals surface area contributed by atoms with Crippen molar-refractivity contribution in [3.05, 3.63) is 0 Å². The van der Waals surface area contributed by atoms with E-state index in [0.29, 0.717) is 6.42 Å². The summed E-state index contributed by atoms with van der Waals surface area (Å²) in [4.78, 5) is 11.7. The summed E-state index contributed by atoms with van der Waals surface area (Å²) < 4.78 is 5.18. The number of amides is 1. The molecule has 0 aliphatic rings. The smallest absolute Gasteiger partial charge is 0.252 e. The molecule has 1 atom stereocenters. The van der Waals surface area contributed by atoms with Crippen molar-refractivity contribution in [3.63, 3.8) is 0 Å². The van der Waals surface area contributed by atoms with E-state index in [9.17, 15) is 4.79 Å². The molecule has 0 heterocycles. The quantitative estimate of drug-likeness (QED) is 0.730. The number of hydrogen-bond donors (Lipinski definition) is 1. The summed E-state index contributed by atoms with van der Waals surface area (Å²) >= 11 is 0. The van der Waals surface area contributed by atoms with E-state index in [0.717, 1.165) is 0 Å². The zero-order valence-electron chi connectivity index (χ0n) is 9.52. The van der Waals surface area contributed by atoms with Crippen molar-refractivity contribution in [2.75, 3.05) is 7.11 Å². The summed E-state index contributed by atoms with van der Waals surface area (Å²) in [5.41, 5.74) is -0.903. The fourth-order valence-electron chi connectivity index (χ4n) is 0.870. The Kier molecular flexibility index (Phi) is 3.91. The first-order valence-corrected chi connectivity index (χ1v) is 4.63. The standard InChI is InChI=1S/C10H21NO2/c1-7-10(5,13-6)8(12)11-9(2,3)4/h7H2,1-6H3,(H,11,12). The Bertz CT molecular complexity index is 178. The van der Waals surface area contributed by atoms with Crippen LogP contribution in [0.1, 0.15) is 41.0 Å². The predicted octanol–water partition coefficient (Wildman–Crippen LogP) is 1.72. The number of carbonyl (C=O) groups excluding carboxylic acids is 1. The third-order valence-corrected chi connectivity index (χ3v) is 2.09. The van der Waals surface area contributed by atoms with Crippen LogP contribution in [0.4, 0.5) is 0 Å². The van der Waals surface area contributed by atoms with E-state index in [4.69, 9.17) is 4.74 Å². The third-order valence-electron chi connectivity index (χ3n) is 2.09. The van der Waals surface area contributed by atoms with Crippen LogP contribution in [-0.4, -0.2) is 24.2 Å². The van der Waals surface area contributed by atoms with Gasteiger partial charge in [-0.15, -0.1) is 0 Å². The summed E-state index contributed by atoms with van der Waals surface area (Å²) in [5, 5.41) is 2.90. The molecule has 0 fully saturated rings. The highest BCUT2D eigenvalue weighted by atomic mass is 16.5. The number of hydrogen-bond acceptors (Lipinski definition) is 2. The molecule has 0 radical (unpaired) electrons. The summed E-state index contributed by atoms with van der Waals surface area (Å²) in [6.07, 6.45) is 0.672. The maximum Gasteiger partial charge on any atom is 0.252 e. The van der Waals surface area contributed by atoms with Gasteiger partial charge < -0.3 is 10.1 Å². The second-order valence-electron chi connectivity index (χ2n) is 4.49. The van der Waals surface area contributed by atoms with E-state index in [2.05, 4.69) is 5.32 Å². The van der Waals surface area contributed by atoms with Gasteiger partial charge in [0.2, 0.25) is 0 Å². The van der Waals surface area contributed by atoms with Gasteiger partial charge in [-0.1, -0.05) is 6.92 Å². The molecule has 0 aromatic rings. The lowest BCUT2D eigenvalue weighted by Crippen LogP contribution is -2.52. The zero-order chi connectivity index (χ0) is 10.7. The minimum atomic E-state index is -0.701. The zero-order valence-corrected chi connectivity index (χ0v) is 9.52. The highest BCUT2D eigenvalue weighted by Gasteiger charge is 2.32. The number of carbonyl (C=O) groups is 1. The van der Waals surface area contributed by atoms with Gasteiger partial charge in [0.25, 0.3) is 5.91 Å². The molecule has 1 N–H and O–H groups in total. The number of methoxy groups -OCH3 is 1. The molecule has 1 amide bonds. The van der Waals surface area contributed by atoms with Crippen molar-refractivity contribution in [1.82, 2.24) is 5.32 Å². The molecule has 3 heteroatoms. The minimum absolute atomic E-state index is 0.0509. The van der Waals surface area contributed by atoms with Gasteiger partial charge in [0.05, 0.1) is 0 Å². The summed E-state index contributed by atoms with van der Waals surface area (Å²) in [7, 11) is 1.56. The van der Waals surface area contributed by atoms with Crippen molar-refractivity contribution in [2.24, 2.45) is 0 Å². The van der Waals surface area contributed by atoms with E-state index >= 15 is 0 Å². The van der Waals surface area contributed by atoms with E-state index in [1.807, 2.05) is 27.7 Å². The van der Waals surface area contributed by atoms with Crippen LogP contribution in [0.5, 0.6) is 0 Å². The van der Waals surface area contributed by atoms with Crippen LogP contribution in [0.25, 0.3) is 0 Å². The molecular formula is C10H21NO2. The first kappa shape index (κ1) is 12.4. The van der Waals surface area contributed by atoms with Crippen LogP contribution in [0, 0.1) is 0 Å². The molecule has 0 saturated heterocycles. The van der Waals surface area contributed by atoms with Crippen LogP contribution in [-0.2, 0) is 9.53 Å². The Balaban J connectivity index is 4.41. The maximum atomic E-state index is 11.7. The van der Waals surface area contributed by atoms with Crippen LogP contribution in [0.3, 0.4) is 0 Å². The molecule has 13 heavy (non-hydrogen) atoms. The monoisotopic (exact) mass is 187 g/mol. The van der Waals surface area contributed by atoms with Gasteiger partial charge in [-0.3, -0.25) is 4.79 Å². The molecule has 0 bridgehead atoms. The van der Waals surface area contributed by atoms with Crippen LogP contribution in [0.15, 0.2) is 0 Å². The largest absolute Gasteiger partial charge is 0.369 e. The first-order chi connectivity index (χ1) is 5.75. The molecule has 0 aliphatic carbocycles. The maximum absolute atomic E-state index is 11.7. The Morgan fingerprint density at radius 3 is 2.00 bits per heavy atom. The van der Waals surface area contributed by atoms with Crippen molar-refractivity contribution >= 4 is 5.91 Å². The van der Waals surface area contributed by atoms with Gasteiger partial charge in [-0.05, 0) is 34.1 Å². The second-order valence-corrected chi connectivity index (χ2v) is 4.49. The summed E-state index contributed by atoms with van der Waals surface area (Å²) in [6.45, 7) is 9.60. The first-order valence-electron chi connectivity index (χ1n) is 4.63. The number of ether oxygens (including phenoxy) is 1. The summed E-state index contributed by atoms with van der Waals surface area (Å²) in [5.74, 6) is -0.0509. The Hall–Kier alpha value is -0.570. The van der Waals surface area contributed by atoms with Gasteiger partial charge >= 0.3 is 0 Å². The minimum Gasteiger partial charge on any atom is -0.369 e. The van der Waals surface area contributed by atoms with Crippen molar-refractivity contribution in [3.8, 4) is 0 Å². The average Bonchev–Trinajstić information content (AvgIpc) is 2.00. The van der Waals surface area contributed by atoms with Gasteiger partial charge in [0.1, 0.15) is 5.60 Å². The second kappa shape index (κ2) is 4.09. The molecule has 0 rings (SSSR count). The Labute approximate surface area is 80.8 Å². The van der Waals surface area contributed by atoms with Crippen molar-refractivity contribution in [2.45, 2.75) is 52.2 Å². The lowest BCUT2D eigenvalue weighted by atomic mass is 9.99. The molecule has 78 valence electrons. The van der Waals surface area contributed by atoms with Crippen molar-refractivity contribution in [1.29, 1.82) is 0 Å². The lowest BCUT2D eigenvalue weighted by Gasteiger charge is -2.30. The van der Waals surface area contributed by atoms with Gasteiger partial charge in [0.15, 0.2) is 0 Å². The molecule has 0 aliphatic heterocycles. The Morgan fingerprint density at radius 2 is 1.77 bits per heavy atom. The molecule has 1 unspecified atom stereocenters. The van der Waals surface area contributed by atoms with E-state index < -0.39 is 5.60 Å². The number of nitrogens with one attached hydrogen (secondary N) is 1. The van der Waals surface area contributed by atoms with Gasteiger partial charge in [0, 0.05) is 12.6 Å².